The van der Waals surface area contributed by atoms with E-state index in [1.165, 1.54) is 0 Å². The number of ether oxygens (including phenoxy) is 3. The van der Waals surface area contributed by atoms with E-state index >= 15 is 0 Å². The first kappa shape index (κ1) is 16.8. The number of rotatable bonds is 7. The highest BCUT2D eigenvalue weighted by molar-refractivity contribution is 5.83. The normalized spacial score (nSPS) is 11.7. The van der Waals surface area contributed by atoms with Crippen LogP contribution in [0.15, 0.2) is 47.7 Å². The number of H-pyrrole nitrogens is 1. The summed E-state index contributed by atoms with van der Waals surface area (Å²) < 4.78 is 16.8. The lowest BCUT2D eigenvalue weighted by atomic mass is 10.2. The fourth-order valence-electron chi connectivity index (χ4n) is 2.32. The van der Waals surface area contributed by atoms with Crippen molar-refractivity contribution in [2.45, 2.75) is 6.92 Å². The van der Waals surface area contributed by atoms with Crippen molar-refractivity contribution in [1.29, 1.82) is 0 Å². The summed E-state index contributed by atoms with van der Waals surface area (Å²) in [5.41, 5.74) is 6.57. The number of nitrogens with zero attached hydrogens (tertiary/aromatic N) is 2. The van der Waals surface area contributed by atoms with Crippen LogP contribution in [0.1, 0.15) is 6.92 Å². The van der Waals surface area contributed by atoms with Crippen LogP contribution in [0.5, 0.6) is 17.2 Å². The summed E-state index contributed by atoms with van der Waals surface area (Å²) in [7, 11) is 1.63. The van der Waals surface area contributed by atoms with E-state index in [4.69, 9.17) is 19.9 Å². The molecule has 2 aromatic heterocycles. The number of pyridine rings is 1. The Morgan fingerprint density at radius 1 is 1.20 bits per heavy atom. The molecule has 0 aliphatic rings. The zero-order chi connectivity index (χ0) is 17.6. The molecule has 2 heterocycles. The fraction of sp³-hybridized carbons (Fsp3) is 0.222. The Kier molecular flexibility index (Phi) is 5.15. The molecule has 7 nitrogen and oxygen atoms in total. The number of aliphatic imine (C=N–C) groups is 1. The van der Waals surface area contributed by atoms with E-state index in [1.54, 1.807) is 32.4 Å². The smallest absolute Gasteiger partial charge is 0.170 e. The third-order valence-corrected chi connectivity index (χ3v) is 3.40. The SMILES string of the molecule is COCCOc1cc2[nH]ccc2cc1Oc1ccnc(N=C(C)N)c1. The van der Waals surface area contributed by atoms with Gasteiger partial charge in [-0.05, 0) is 25.1 Å². The van der Waals surface area contributed by atoms with Gasteiger partial charge in [0, 0.05) is 42.5 Å². The van der Waals surface area contributed by atoms with Crippen LogP contribution < -0.4 is 15.2 Å². The van der Waals surface area contributed by atoms with Crippen molar-refractivity contribution in [3.05, 3.63) is 42.7 Å². The number of aromatic nitrogens is 2. The van der Waals surface area contributed by atoms with Gasteiger partial charge in [0.15, 0.2) is 17.3 Å². The van der Waals surface area contributed by atoms with Crippen LogP contribution in [0.25, 0.3) is 10.9 Å². The van der Waals surface area contributed by atoms with Gasteiger partial charge in [0.25, 0.3) is 0 Å². The van der Waals surface area contributed by atoms with Crippen LogP contribution in [0.3, 0.4) is 0 Å². The van der Waals surface area contributed by atoms with E-state index in [-0.39, 0.29) is 0 Å². The standard InChI is InChI=1S/C18H20N4O3/c1-12(19)22-18-10-14(4-6-21-18)25-17-9-13-3-5-20-15(13)11-16(17)24-8-7-23-2/h3-6,9-11,20H,7-8H2,1-2H3,(H2,19,21,22). The third-order valence-electron chi connectivity index (χ3n) is 3.40. The molecule has 0 unspecified atom stereocenters. The lowest BCUT2D eigenvalue weighted by Crippen LogP contribution is -2.05. The number of nitrogens with two attached hydrogens (primary N) is 1. The molecule has 0 saturated heterocycles. The molecule has 0 amide bonds. The van der Waals surface area contributed by atoms with Gasteiger partial charge in [-0.25, -0.2) is 9.98 Å². The van der Waals surface area contributed by atoms with E-state index in [9.17, 15) is 0 Å². The van der Waals surface area contributed by atoms with Gasteiger partial charge in [0.05, 0.1) is 12.4 Å². The van der Waals surface area contributed by atoms with Gasteiger partial charge >= 0.3 is 0 Å². The van der Waals surface area contributed by atoms with E-state index in [2.05, 4.69) is 15.0 Å². The lowest BCUT2D eigenvalue weighted by molar-refractivity contribution is 0.145. The Hall–Kier alpha value is -3.06. The highest BCUT2D eigenvalue weighted by Gasteiger charge is 2.10. The Bertz CT molecular complexity index is 885. The van der Waals surface area contributed by atoms with Crippen LogP contribution in [-0.2, 0) is 4.74 Å². The summed E-state index contributed by atoms with van der Waals surface area (Å²) in [5, 5.41) is 1.03. The van der Waals surface area contributed by atoms with Crippen LogP contribution in [-0.4, -0.2) is 36.1 Å². The first-order valence-corrected chi connectivity index (χ1v) is 7.83. The number of benzene rings is 1. The minimum atomic E-state index is 0.428. The largest absolute Gasteiger partial charge is 0.487 e. The molecule has 0 aliphatic carbocycles. The lowest BCUT2D eigenvalue weighted by Gasteiger charge is -2.13. The Morgan fingerprint density at radius 2 is 2.08 bits per heavy atom. The Balaban J connectivity index is 1.91. The first-order valence-electron chi connectivity index (χ1n) is 7.83. The van der Waals surface area contributed by atoms with Crippen molar-refractivity contribution >= 4 is 22.6 Å². The molecule has 130 valence electrons. The van der Waals surface area contributed by atoms with Crippen LogP contribution >= 0.6 is 0 Å². The van der Waals surface area contributed by atoms with Crippen molar-refractivity contribution in [1.82, 2.24) is 9.97 Å². The van der Waals surface area contributed by atoms with Crippen LogP contribution in [0.2, 0.25) is 0 Å². The van der Waals surface area contributed by atoms with Crippen molar-refractivity contribution in [3.63, 3.8) is 0 Å². The number of hydrogen-bond donors (Lipinski definition) is 2. The van der Waals surface area contributed by atoms with Gasteiger partial charge < -0.3 is 24.9 Å². The van der Waals surface area contributed by atoms with Crippen molar-refractivity contribution in [2.75, 3.05) is 20.3 Å². The molecular formula is C18H20N4O3. The summed E-state index contributed by atoms with van der Waals surface area (Å²) in [6.45, 7) is 2.63. The average molecular weight is 340 g/mol. The molecule has 0 aliphatic heterocycles. The molecule has 0 saturated carbocycles. The number of hydrogen-bond acceptors (Lipinski definition) is 5. The second kappa shape index (κ2) is 7.67. The summed E-state index contributed by atoms with van der Waals surface area (Å²) >= 11 is 0. The molecule has 0 fully saturated rings. The average Bonchev–Trinajstić information content (AvgIpc) is 3.02. The molecule has 7 heteroatoms. The predicted octanol–water partition coefficient (Wildman–Crippen LogP) is 3.39. The minimum absolute atomic E-state index is 0.428. The topological polar surface area (TPSA) is 94.8 Å². The second-order valence-electron chi connectivity index (χ2n) is 5.41. The maximum Gasteiger partial charge on any atom is 0.170 e. The van der Waals surface area contributed by atoms with Crippen molar-refractivity contribution < 1.29 is 14.2 Å². The van der Waals surface area contributed by atoms with Crippen LogP contribution in [0, 0.1) is 0 Å². The van der Waals surface area contributed by atoms with Gasteiger partial charge in [-0.3, -0.25) is 0 Å². The molecule has 1 aromatic carbocycles. The highest BCUT2D eigenvalue weighted by Crippen LogP contribution is 2.36. The quantitative estimate of drug-likeness (QED) is 0.390. The zero-order valence-electron chi connectivity index (χ0n) is 14.2. The van der Waals surface area contributed by atoms with Gasteiger partial charge in [0.1, 0.15) is 12.4 Å². The van der Waals surface area contributed by atoms with Gasteiger partial charge in [0.2, 0.25) is 0 Å². The maximum atomic E-state index is 6.01. The zero-order valence-corrected chi connectivity index (χ0v) is 14.2. The number of aromatic amines is 1. The Morgan fingerprint density at radius 3 is 2.88 bits per heavy atom. The predicted molar refractivity (Wildman–Crippen MR) is 96.9 cm³/mol. The van der Waals surface area contributed by atoms with E-state index < -0.39 is 0 Å². The van der Waals surface area contributed by atoms with Crippen LogP contribution in [0.4, 0.5) is 5.82 Å². The molecule has 3 rings (SSSR count). The minimum Gasteiger partial charge on any atom is -0.487 e. The molecule has 3 aromatic rings. The summed E-state index contributed by atoms with van der Waals surface area (Å²) in [4.78, 5) is 11.4. The first-order chi connectivity index (χ1) is 12.2. The van der Waals surface area contributed by atoms with E-state index in [0.29, 0.717) is 42.1 Å². The summed E-state index contributed by atoms with van der Waals surface area (Å²) in [6.07, 6.45) is 3.49. The Labute approximate surface area is 145 Å². The van der Waals surface area contributed by atoms with Crippen molar-refractivity contribution in [2.24, 2.45) is 10.7 Å². The van der Waals surface area contributed by atoms with Crippen molar-refractivity contribution in [3.8, 4) is 17.2 Å². The van der Waals surface area contributed by atoms with Gasteiger partial charge in [-0.15, -0.1) is 0 Å². The third kappa shape index (κ3) is 4.27. The van der Waals surface area contributed by atoms with E-state index in [1.807, 2.05) is 24.4 Å². The molecular weight excluding hydrogens is 320 g/mol. The number of fused-ring (bicyclic) bond motifs is 1. The molecule has 25 heavy (non-hydrogen) atoms. The molecule has 0 spiro atoms. The van der Waals surface area contributed by atoms with Gasteiger partial charge in [-0.1, -0.05) is 0 Å². The van der Waals surface area contributed by atoms with E-state index in [0.717, 1.165) is 10.9 Å². The number of methoxy groups -OCH3 is 1. The summed E-state index contributed by atoms with van der Waals surface area (Å²) in [6, 6.07) is 9.28. The second-order valence-corrected chi connectivity index (χ2v) is 5.41. The molecule has 0 radical (unpaired) electrons. The highest BCUT2D eigenvalue weighted by atomic mass is 16.5. The fourth-order valence-corrected chi connectivity index (χ4v) is 2.32. The maximum absolute atomic E-state index is 6.01. The number of amidine groups is 1. The molecule has 3 N–H and O–H groups in total. The molecule has 0 bridgehead atoms. The summed E-state index contributed by atoms with van der Waals surface area (Å²) in [5.74, 6) is 2.75. The number of nitrogens with one attached hydrogen (secondary N) is 1. The molecule has 0 atom stereocenters. The monoisotopic (exact) mass is 340 g/mol. The van der Waals surface area contributed by atoms with Gasteiger partial charge in [-0.2, -0.15) is 0 Å².